The van der Waals surface area contributed by atoms with Gasteiger partial charge in [0, 0.05) is 32.1 Å². The molecule has 25 heavy (non-hydrogen) atoms. The van der Waals surface area contributed by atoms with Crippen molar-refractivity contribution in [2.75, 3.05) is 19.6 Å². The number of rotatable bonds is 4. The number of hydrogen-bond donors (Lipinski definition) is 0. The molecule has 1 aromatic carbocycles. The minimum Gasteiger partial charge on any atom is -0.342 e. The van der Waals surface area contributed by atoms with E-state index in [1.165, 1.54) is 50.6 Å². The van der Waals surface area contributed by atoms with Crippen molar-refractivity contribution in [3.8, 4) is 0 Å². The van der Waals surface area contributed by atoms with Crippen LogP contribution >= 0.6 is 0 Å². The molecule has 3 atom stereocenters. The lowest BCUT2D eigenvalue weighted by molar-refractivity contribution is -0.135. The van der Waals surface area contributed by atoms with Crippen LogP contribution in [-0.4, -0.2) is 41.4 Å². The minimum absolute atomic E-state index is 0.402. The minimum atomic E-state index is 0.402. The molecule has 4 rings (SSSR count). The smallest absolute Gasteiger partial charge is 0.222 e. The average molecular weight is 341 g/mol. The maximum atomic E-state index is 12.3. The first-order chi connectivity index (χ1) is 12.3. The Labute approximate surface area is 152 Å². The Balaban J connectivity index is 1.49. The molecule has 0 spiro atoms. The highest BCUT2D eigenvalue weighted by molar-refractivity contribution is 5.76. The number of hydrogen-bond acceptors (Lipinski definition) is 2. The zero-order valence-electron chi connectivity index (χ0n) is 15.4. The largest absolute Gasteiger partial charge is 0.342 e. The molecule has 0 radical (unpaired) electrons. The van der Waals surface area contributed by atoms with Gasteiger partial charge in [-0.2, -0.15) is 0 Å². The molecule has 2 heterocycles. The summed E-state index contributed by atoms with van der Waals surface area (Å²) in [7, 11) is 0. The molecule has 136 valence electrons. The Morgan fingerprint density at radius 2 is 1.76 bits per heavy atom. The van der Waals surface area contributed by atoms with Crippen molar-refractivity contribution in [2.24, 2.45) is 11.8 Å². The summed E-state index contributed by atoms with van der Waals surface area (Å²) in [6, 6.07) is 11.6. The number of nitrogens with zero attached hydrogens (tertiary/aromatic N) is 2. The van der Waals surface area contributed by atoms with Crippen LogP contribution in [0.1, 0.15) is 56.9 Å². The first-order valence-electron chi connectivity index (χ1n) is 10.4. The van der Waals surface area contributed by atoms with Crippen molar-refractivity contribution in [2.45, 2.75) is 64.0 Å². The van der Waals surface area contributed by atoms with Gasteiger partial charge < -0.3 is 4.90 Å². The van der Waals surface area contributed by atoms with Crippen LogP contribution in [0.5, 0.6) is 0 Å². The van der Waals surface area contributed by atoms with Gasteiger partial charge in [0.05, 0.1) is 0 Å². The number of amides is 1. The number of fused-ring (bicyclic) bond motifs is 1. The molecule has 0 unspecified atom stereocenters. The number of carbonyl (C=O) groups is 1. The van der Waals surface area contributed by atoms with Crippen LogP contribution < -0.4 is 0 Å². The lowest BCUT2D eigenvalue weighted by Gasteiger charge is -2.49. The van der Waals surface area contributed by atoms with Crippen molar-refractivity contribution < 1.29 is 4.79 Å². The highest BCUT2D eigenvalue weighted by Gasteiger charge is 2.40. The Hall–Kier alpha value is -1.35. The second-order valence-electron chi connectivity index (χ2n) is 8.34. The van der Waals surface area contributed by atoms with E-state index in [1.807, 2.05) is 0 Å². The zero-order valence-corrected chi connectivity index (χ0v) is 15.4. The molecule has 3 nitrogen and oxygen atoms in total. The van der Waals surface area contributed by atoms with Crippen LogP contribution in [0.3, 0.4) is 0 Å². The molecular weight excluding hydrogens is 308 g/mol. The summed E-state index contributed by atoms with van der Waals surface area (Å²) >= 11 is 0. The SMILES string of the molecule is O=C1CCCCN1C[C@H]1CCC[C@@H]2CCCN(Cc3ccccc3)[C@@H]21. The normalized spacial score (nSPS) is 31.0. The van der Waals surface area contributed by atoms with Crippen molar-refractivity contribution in [3.63, 3.8) is 0 Å². The molecule has 3 fully saturated rings. The predicted molar refractivity (Wildman–Crippen MR) is 101 cm³/mol. The van der Waals surface area contributed by atoms with E-state index in [4.69, 9.17) is 0 Å². The van der Waals surface area contributed by atoms with Gasteiger partial charge in [-0.05, 0) is 62.5 Å². The van der Waals surface area contributed by atoms with Crippen molar-refractivity contribution in [1.29, 1.82) is 0 Å². The molecule has 3 aliphatic rings. The van der Waals surface area contributed by atoms with Gasteiger partial charge in [0.15, 0.2) is 0 Å². The van der Waals surface area contributed by atoms with Gasteiger partial charge in [0.1, 0.15) is 0 Å². The van der Waals surface area contributed by atoms with E-state index in [-0.39, 0.29) is 0 Å². The molecular formula is C22H32N2O. The van der Waals surface area contributed by atoms with Crippen LogP contribution in [0.15, 0.2) is 30.3 Å². The van der Waals surface area contributed by atoms with Gasteiger partial charge in [-0.25, -0.2) is 0 Å². The van der Waals surface area contributed by atoms with E-state index < -0.39 is 0 Å². The van der Waals surface area contributed by atoms with E-state index in [2.05, 4.69) is 40.1 Å². The van der Waals surface area contributed by atoms with E-state index in [0.29, 0.717) is 17.9 Å². The number of carbonyl (C=O) groups excluding carboxylic acids is 1. The Morgan fingerprint density at radius 1 is 0.920 bits per heavy atom. The van der Waals surface area contributed by atoms with Crippen LogP contribution in [-0.2, 0) is 11.3 Å². The quantitative estimate of drug-likeness (QED) is 0.824. The fraction of sp³-hybridized carbons (Fsp3) is 0.682. The number of benzene rings is 1. The van der Waals surface area contributed by atoms with Crippen LogP contribution in [0, 0.1) is 11.8 Å². The summed E-state index contributed by atoms with van der Waals surface area (Å²) in [4.78, 5) is 17.3. The van der Waals surface area contributed by atoms with Gasteiger partial charge in [-0.3, -0.25) is 9.69 Å². The zero-order chi connectivity index (χ0) is 17.1. The second kappa shape index (κ2) is 7.90. The third-order valence-electron chi connectivity index (χ3n) is 6.66. The molecule has 3 heteroatoms. The Morgan fingerprint density at radius 3 is 2.60 bits per heavy atom. The molecule has 1 saturated carbocycles. The van der Waals surface area contributed by atoms with Gasteiger partial charge in [0.2, 0.25) is 5.91 Å². The molecule has 2 saturated heterocycles. The predicted octanol–water partition coefficient (Wildman–Crippen LogP) is 4.08. The van der Waals surface area contributed by atoms with E-state index in [1.54, 1.807) is 0 Å². The third-order valence-corrected chi connectivity index (χ3v) is 6.66. The molecule has 0 aromatic heterocycles. The summed E-state index contributed by atoms with van der Waals surface area (Å²) in [5.41, 5.74) is 1.43. The first kappa shape index (κ1) is 17.1. The standard InChI is InChI=1S/C22H32N2O/c25-21-13-4-5-14-23(21)17-20-11-6-10-19-12-7-15-24(22(19)20)16-18-8-2-1-3-9-18/h1-3,8-9,19-20,22H,4-7,10-17H2/t19-,20-,22+/m1/s1. The fourth-order valence-corrected chi connectivity index (χ4v) is 5.53. The highest BCUT2D eigenvalue weighted by atomic mass is 16.2. The second-order valence-corrected chi connectivity index (χ2v) is 8.34. The van der Waals surface area contributed by atoms with Crippen molar-refractivity contribution >= 4 is 5.91 Å². The van der Waals surface area contributed by atoms with Crippen LogP contribution in [0.25, 0.3) is 0 Å². The Bertz CT molecular complexity index is 571. The lowest BCUT2D eigenvalue weighted by Crippen LogP contribution is -2.54. The molecule has 1 aromatic rings. The molecule has 0 bridgehead atoms. The van der Waals surface area contributed by atoms with Gasteiger partial charge in [0.25, 0.3) is 0 Å². The maximum absolute atomic E-state index is 12.3. The molecule has 2 aliphatic heterocycles. The molecule has 1 amide bonds. The van der Waals surface area contributed by atoms with Crippen molar-refractivity contribution in [3.05, 3.63) is 35.9 Å². The van der Waals surface area contributed by atoms with Gasteiger partial charge in [-0.1, -0.05) is 36.8 Å². The van der Waals surface area contributed by atoms with E-state index >= 15 is 0 Å². The number of piperidine rings is 2. The van der Waals surface area contributed by atoms with E-state index in [9.17, 15) is 4.79 Å². The summed E-state index contributed by atoms with van der Waals surface area (Å²) in [6.45, 7) is 4.30. The summed E-state index contributed by atoms with van der Waals surface area (Å²) in [5.74, 6) is 1.92. The first-order valence-corrected chi connectivity index (χ1v) is 10.4. The summed E-state index contributed by atoms with van der Waals surface area (Å²) in [6.07, 6.45) is 9.83. The monoisotopic (exact) mass is 340 g/mol. The maximum Gasteiger partial charge on any atom is 0.222 e. The van der Waals surface area contributed by atoms with Gasteiger partial charge >= 0.3 is 0 Å². The van der Waals surface area contributed by atoms with Crippen molar-refractivity contribution in [1.82, 2.24) is 9.80 Å². The van der Waals surface area contributed by atoms with E-state index in [0.717, 1.165) is 38.4 Å². The molecule has 0 N–H and O–H groups in total. The average Bonchev–Trinajstić information content (AvgIpc) is 2.65. The van der Waals surface area contributed by atoms with Crippen LogP contribution in [0.4, 0.5) is 0 Å². The fourth-order valence-electron chi connectivity index (χ4n) is 5.53. The lowest BCUT2D eigenvalue weighted by atomic mass is 9.71. The third kappa shape index (κ3) is 3.92. The van der Waals surface area contributed by atoms with Gasteiger partial charge in [-0.15, -0.1) is 0 Å². The summed E-state index contributed by atoms with van der Waals surface area (Å²) < 4.78 is 0. The Kier molecular flexibility index (Phi) is 5.40. The molecule has 1 aliphatic carbocycles. The highest BCUT2D eigenvalue weighted by Crippen LogP contribution is 2.40. The van der Waals surface area contributed by atoms with Crippen LogP contribution in [0.2, 0.25) is 0 Å². The topological polar surface area (TPSA) is 23.6 Å². The number of likely N-dealkylation sites (tertiary alicyclic amines) is 2. The summed E-state index contributed by atoms with van der Waals surface area (Å²) in [5, 5.41) is 0.